The number of anilines is 1. The number of rotatable bonds is 3. The van der Waals surface area contributed by atoms with Crippen LogP contribution < -0.4 is 4.90 Å². The van der Waals surface area contributed by atoms with E-state index in [0.717, 1.165) is 0 Å². The van der Waals surface area contributed by atoms with Crippen molar-refractivity contribution in [3.8, 4) is 0 Å². The van der Waals surface area contributed by atoms with Gasteiger partial charge in [0.1, 0.15) is 0 Å². The van der Waals surface area contributed by atoms with Crippen molar-refractivity contribution in [3.05, 3.63) is 30.9 Å². The van der Waals surface area contributed by atoms with Crippen LogP contribution in [-0.4, -0.2) is 58.4 Å². The lowest BCUT2D eigenvalue weighted by Gasteiger charge is -2.32. The number of aromatic nitrogens is 4. The highest BCUT2D eigenvalue weighted by atomic mass is 32.2. The molecule has 10 heteroatoms. The standard InChI is InChI=1S/C14H16N6O3S/c1-18-9-12(16-10-18)24(21,22)20-7-5-19(6-8-20)14-17-13-11(23-14)3-2-4-15-13/h2-4,9-10H,5-8H2,1H3. The summed E-state index contributed by atoms with van der Waals surface area (Å²) in [4.78, 5) is 14.4. The zero-order chi connectivity index (χ0) is 16.7. The van der Waals surface area contributed by atoms with Gasteiger partial charge in [-0.3, -0.25) is 0 Å². The average molecular weight is 348 g/mol. The molecule has 0 radical (unpaired) electrons. The van der Waals surface area contributed by atoms with Crippen LogP contribution >= 0.6 is 0 Å². The van der Waals surface area contributed by atoms with Crippen LogP contribution in [-0.2, 0) is 17.1 Å². The molecular formula is C14H16N6O3S. The highest BCUT2D eigenvalue weighted by Gasteiger charge is 2.31. The fourth-order valence-electron chi connectivity index (χ4n) is 2.67. The Bertz CT molecular complexity index is 938. The van der Waals surface area contributed by atoms with Crippen molar-refractivity contribution in [2.45, 2.75) is 5.03 Å². The molecule has 0 spiro atoms. The predicted octanol–water partition coefficient (Wildman–Crippen LogP) is 0.467. The maximum absolute atomic E-state index is 12.6. The van der Waals surface area contributed by atoms with Gasteiger partial charge in [-0.05, 0) is 12.1 Å². The summed E-state index contributed by atoms with van der Waals surface area (Å²) in [5.41, 5.74) is 1.17. The van der Waals surface area contributed by atoms with Gasteiger partial charge in [0, 0.05) is 45.6 Å². The minimum atomic E-state index is -3.56. The summed E-state index contributed by atoms with van der Waals surface area (Å²) >= 11 is 0. The Morgan fingerprint density at radius 2 is 1.96 bits per heavy atom. The van der Waals surface area contributed by atoms with Crippen LogP contribution in [0.25, 0.3) is 11.2 Å². The Labute approximate surface area is 138 Å². The quantitative estimate of drug-likeness (QED) is 0.678. The van der Waals surface area contributed by atoms with E-state index < -0.39 is 10.0 Å². The molecule has 0 N–H and O–H groups in total. The van der Waals surface area contributed by atoms with Crippen molar-refractivity contribution in [1.82, 2.24) is 23.8 Å². The van der Waals surface area contributed by atoms with Crippen molar-refractivity contribution >= 4 is 27.3 Å². The maximum Gasteiger partial charge on any atom is 0.300 e. The minimum absolute atomic E-state index is 0.0736. The number of piperazine rings is 1. The number of aryl methyl sites for hydroxylation is 1. The van der Waals surface area contributed by atoms with Gasteiger partial charge >= 0.3 is 0 Å². The van der Waals surface area contributed by atoms with Crippen LogP contribution in [0.1, 0.15) is 0 Å². The minimum Gasteiger partial charge on any atom is -0.422 e. The van der Waals surface area contributed by atoms with Crippen LogP contribution in [0, 0.1) is 0 Å². The smallest absolute Gasteiger partial charge is 0.300 e. The first-order valence-electron chi connectivity index (χ1n) is 7.49. The number of nitrogens with zero attached hydrogens (tertiary/aromatic N) is 6. The second-order valence-electron chi connectivity index (χ2n) is 5.59. The van der Waals surface area contributed by atoms with Gasteiger partial charge in [0.25, 0.3) is 16.0 Å². The summed E-state index contributed by atoms with van der Waals surface area (Å²) in [6, 6.07) is 4.06. The van der Waals surface area contributed by atoms with Crippen LogP contribution in [0.15, 0.2) is 40.3 Å². The lowest BCUT2D eigenvalue weighted by atomic mass is 10.4. The summed E-state index contributed by atoms with van der Waals surface area (Å²) in [6.07, 6.45) is 4.65. The van der Waals surface area contributed by atoms with E-state index in [4.69, 9.17) is 4.42 Å². The molecule has 4 rings (SSSR count). The number of fused-ring (bicyclic) bond motifs is 1. The Balaban J connectivity index is 1.50. The average Bonchev–Trinajstić information content (AvgIpc) is 3.21. The van der Waals surface area contributed by atoms with E-state index in [9.17, 15) is 8.42 Å². The lowest BCUT2D eigenvalue weighted by molar-refractivity contribution is 0.372. The molecule has 126 valence electrons. The van der Waals surface area contributed by atoms with Crippen molar-refractivity contribution in [2.75, 3.05) is 31.1 Å². The molecule has 0 aliphatic carbocycles. The van der Waals surface area contributed by atoms with Gasteiger partial charge in [-0.2, -0.15) is 9.29 Å². The van der Waals surface area contributed by atoms with Crippen molar-refractivity contribution in [1.29, 1.82) is 0 Å². The first kappa shape index (κ1) is 15.1. The third-order valence-electron chi connectivity index (χ3n) is 3.95. The largest absolute Gasteiger partial charge is 0.422 e. The summed E-state index contributed by atoms with van der Waals surface area (Å²) in [6.45, 7) is 1.70. The molecule has 1 aliphatic rings. The first-order valence-corrected chi connectivity index (χ1v) is 8.93. The van der Waals surface area contributed by atoms with Gasteiger partial charge in [-0.15, -0.1) is 0 Å². The maximum atomic E-state index is 12.6. The molecule has 9 nitrogen and oxygen atoms in total. The number of hydrogen-bond donors (Lipinski definition) is 0. The third-order valence-corrected chi connectivity index (χ3v) is 5.73. The molecule has 0 unspecified atom stereocenters. The highest BCUT2D eigenvalue weighted by Crippen LogP contribution is 2.23. The molecular weight excluding hydrogens is 332 g/mol. The van der Waals surface area contributed by atoms with E-state index in [1.165, 1.54) is 16.8 Å². The van der Waals surface area contributed by atoms with E-state index in [1.807, 2.05) is 4.90 Å². The second kappa shape index (κ2) is 5.56. The van der Waals surface area contributed by atoms with Gasteiger partial charge in [0.2, 0.25) is 5.65 Å². The fourth-order valence-corrected chi connectivity index (χ4v) is 4.06. The molecule has 0 atom stereocenters. The van der Waals surface area contributed by atoms with E-state index in [1.54, 1.807) is 29.9 Å². The van der Waals surface area contributed by atoms with Crippen LogP contribution in [0.3, 0.4) is 0 Å². The SMILES string of the molecule is Cn1cnc(S(=O)(=O)N2CCN(c3nc4ncccc4o3)CC2)c1. The number of hydrogen-bond acceptors (Lipinski definition) is 7. The summed E-state index contributed by atoms with van der Waals surface area (Å²) in [7, 11) is -1.82. The molecule has 3 aromatic heterocycles. The van der Waals surface area contributed by atoms with Gasteiger partial charge in [-0.25, -0.2) is 18.4 Å². The van der Waals surface area contributed by atoms with Gasteiger partial charge in [0.15, 0.2) is 10.6 Å². The summed E-state index contributed by atoms with van der Waals surface area (Å²) < 4.78 is 33.9. The Morgan fingerprint density at radius 3 is 2.62 bits per heavy atom. The Hall–Kier alpha value is -2.46. The second-order valence-corrected chi connectivity index (χ2v) is 7.47. The normalized spacial score (nSPS) is 16.8. The highest BCUT2D eigenvalue weighted by molar-refractivity contribution is 7.89. The molecule has 3 aromatic rings. The Kier molecular flexibility index (Phi) is 3.50. The monoisotopic (exact) mass is 348 g/mol. The summed E-state index contributed by atoms with van der Waals surface area (Å²) in [5.74, 6) is 0. The zero-order valence-corrected chi connectivity index (χ0v) is 13.8. The van der Waals surface area contributed by atoms with Crippen molar-refractivity contribution < 1.29 is 12.8 Å². The van der Waals surface area contributed by atoms with E-state index in [2.05, 4.69) is 15.0 Å². The molecule has 1 aliphatic heterocycles. The molecule has 24 heavy (non-hydrogen) atoms. The van der Waals surface area contributed by atoms with Crippen LogP contribution in [0.5, 0.6) is 0 Å². The zero-order valence-electron chi connectivity index (χ0n) is 13.0. The molecule has 1 fully saturated rings. The lowest BCUT2D eigenvalue weighted by Crippen LogP contribution is -2.48. The number of oxazole rings is 1. The topological polar surface area (TPSA) is 97.4 Å². The molecule has 0 amide bonds. The third kappa shape index (κ3) is 2.53. The van der Waals surface area contributed by atoms with Gasteiger partial charge < -0.3 is 13.9 Å². The molecule has 0 saturated carbocycles. The van der Waals surface area contributed by atoms with Crippen molar-refractivity contribution in [2.24, 2.45) is 7.05 Å². The van der Waals surface area contributed by atoms with E-state index in [0.29, 0.717) is 43.4 Å². The molecule has 4 heterocycles. The molecule has 0 bridgehead atoms. The number of imidazole rings is 1. The molecule has 1 saturated heterocycles. The predicted molar refractivity (Wildman–Crippen MR) is 86.0 cm³/mol. The van der Waals surface area contributed by atoms with Crippen molar-refractivity contribution in [3.63, 3.8) is 0 Å². The fraction of sp³-hybridized carbons (Fsp3) is 0.357. The number of sulfonamides is 1. The van der Waals surface area contributed by atoms with Gasteiger partial charge in [0.05, 0.1) is 6.33 Å². The number of pyridine rings is 1. The van der Waals surface area contributed by atoms with Crippen LogP contribution in [0.2, 0.25) is 0 Å². The van der Waals surface area contributed by atoms with Gasteiger partial charge in [-0.1, -0.05) is 0 Å². The summed E-state index contributed by atoms with van der Waals surface area (Å²) in [5, 5.41) is 0.0736. The molecule has 0 aromatic carbocycles. The van der Waals surface area contributed by atoms with E-state index in [-0.39, 0.29) is 5.03 Å². The van der Waals surface area contributed by atoms with Crippen LogP contribution in [0.4, 0.5) is 6.01 Å². The first-order chi connectivity index (χ1) is 11.5. The Morgan fingerprint density at radius 1 is 1.17 bits per heavy atom. The van der Waals surface area contributed by atoms with E-state index >= 15 is 0 Å².